The number of hydrogen-bond donors (Lipinski definition) is 5. The van der Waals surface area contributed by atoms with Gasteiger partial charge in [0.1, 0.15) is 5.72 Å². The average molecular weight is 783 g/mol. The molecule has 298 valence electrons. The minimum absolute atomic E-state index is 0.0945. The van der Waals surface area contributed by atoms with E-state index < -0.39 is 22.6 Å². The zero-order valence-corrected chi connectivity index (χ0v) is 34.5. The highest BCUT2D eigenvalue weighted by molar-refractivity contribution is 8.00. The van der Waals surface area contributed by atoms with E-state index in [1.165, 1.54) is 11.8 Å². The molecular formula is C43H54N6O6S. The number of aryl methyl sites for hydroxylation is 2. The molecule has 3 aromatic rings. The maximum Gasteiger partial charge on any atom is 0.342 e. The molecular weight excluding hydrogens is 729 g/mol. The van der Waals surface area contributed by atoms with Crippen molar-refractivity contribution in [2.75, 3.05) is 18.9 Å². The van der Waals surface area contributed by atoms with Crippen molar-refractivity contribution in [2.24, 2.45) is 5.73 Å². The molecule has 3 aliphatic rings. The van der Waals surface area contributed by atoms with Crippen LogP contribution < -0.4 is 11.1 Å². The first kappa shape index (κ1) is 40.9. The predicted octanol–water partition coefficient (Wildman–Crippen LogP) is 8.05. The van der Waals surface area contributed by atoms with E-state index in [0.717, 1.165) is 56.8 Å². The topological polar surface area (TPSA) is 185 Å². The second kappa shape index (κ2) is 16.0. The van der Waals surface area contributed by atoms with Crippen LogP contribution in [0, 0.1) is 13.8 Å². The molecule has 8 bridgehead atoms. The third kappa shape index (κ3) is 8.35. The zero-order chi connectivity index (χ0) is 40.7. The lowest BCUT2D eigenvalue weighted by Gasteiger charge is -2.31. The number of aliphatic carboxylic acids is 1. The van der Waals surface area contributed by atoms with Crippen LogP contribution in [0.15, 0.2) is 24.8 Å². The van der Waals surface area contributed by atoms with Crippen LogP contribution in [0.1, 0.15) is 134 Å². The molecule has 3 atom stereocenters. The molecule has 1 unspecified atom stereocenters. The Bertz CT molecular complexity index is 2300. The number of rotatable bonds is 9. The Morgan fingerprint density at radius 3 is 2.52 bits per heavy atom. The summed E-state index contributed by atoms with van der Waals surface area (Å²) in [5.74, 6) is -1.82. The third-order valence-electron chi connectivity index (χ3n) is 11.1. The highest BCUT2D eigenvalue weighted by atomic mass is 32.2. The Balaban J connectivity index is 1.74. The van der Waals surface area contributed by atoms with Gasteiger partial charge in [-0.3, -0.25) is 14.6 Å². The zero-order valence-electron chi connectivity index (χ0n) is 33.7. The highest BCUT2D eigenvalue weighted by Gasteiger charge is 2.36. The molecule has 6 N–H and O–H groups in total. The first-order valence-electron chi connectivity index (χ1n) is 19.3. The van der Waals surface area contributed by atoms with Crippen molar-refractivity contribution >= 4 is 68.9 Å². The van der Waals surface area contributed by atoms with Crippen LogP contribution in [0.4, 0.5) is 0 Å². The number of carbonyl (C=O) groups excluding carboxylic acids is 2. The van der Waals surface area contributed by atoms with Gasteiger partial charge in [-0.1, -0.05) is 26.5 Å². The normalized spacial score (nSPS) is 20.6. The van der Waals surface area contributed by atoms with Crippen LogP contribution in [0.5, 0.6) is 0 Å². The molecule has 12 nitrogen and oxygen atoms in total. The van der Waals surface area contributed by atoms with Gasteiger partial charge in [0, 0.05) is 70.3 Å². The molecule has 1 amide bonds. The van der Waals surface area contributed by atoms with Gasteiger partial charge in [0.05, 0.1) is 41.2 Å². The molecule has 6 rings (SSSR count). The molecule has 0 aromatic carbocycles. The number of cyclic esters (lactones) is 1. The van der Waals surface area contributed by atoms with Crippen LogP contribution in [0.2, 0.25) is 0 Å². The molecule has 3 aliphatic heterocycles. The van der Waals surface area contributed by atoms with Crippen molar-refractivity contribution in [2.45, 2.75) is 110 Å². The molecule has 0 fully saturated rings. The van der Waals surface area contributed by atoms with E-state index in [2.05, 4.69) is 35.7 Å². The second-order valence-electron chi connectivity index (χ2n) is 15.7. The van der Waals surface area contributed by atoms with Gasteiger partial charge < -0.3 is 35.6 Å². The molecule has 13 heteroatoms. The summed E-state index contributed by atoms with van der Waals surface area (Å²) in [5.41, 5.74) is 16.4. The summed E-state index contributed by atoms with van der Waals surface area (Å²) >= 11 is 1.43. The fourth-order valence-corrected chi connectivity index (χ4v) is 8.94. The van der Waals surface area contributed by atoms with Crippen LogP contribution >= 0.6 is 11.8 Å². The van der Waals surface area contributed by atoms with E-state index in [1.54, 1.807) is 13.8 Å². The lowest BCUT2D eigenvalue weighted by molar-refractivity contribution is -0.137. The number of aromatic nitrogens is 4. The first-order valence-corrected chi connectivity index (χ1v) is 20.3. The Morgan fingerprint density at radius 1 is 1.12 bits per heavy atom. The number of carboxylic acid groups (broad SMARTS) is 1. The van der Waals surface area contributed by atoms with Crippen molar-refractivity contribution in [3.05, 3.63) is 75.4 Å². The number of amides is 1. The Morgan fingerprint density at radius 2 is 1.84 bits per heavy atom. The van der Waals surface area contributed by atoms with Crippen LogP contribution in [-0.4, -0.2) is 72.5 Å². The smallest absolute Gasteiger partial charge is 0.342 e. The number of carbonyl (C=O) groups is 3. The van der Waals surface area contributed by atoms with Gasteiger partial charge in [0.25, 0.3) is 0 Å². The van der Waals surface area contributed by atoms with Crippen molar-refractivity contribution in [1.82, 2.24) is 25.3 Å². The number of nitrogens with one attached hydrogen (secondary N) is 3. The number of carboxylic acids is 1. The van der Waals surface area contributed by atoms with Crippen molar-refractivity contribution in [3.63, 3.8) is 0 Å². The first-order chi connectivity index (χ1) is 26.4. The molecule has 56 heavy (non-hydrogen) atoms. The van der Waals surface area contributed by atoms with Crippen LogP contribution in [0.3, 0.4) is 0 Å². The highest BCUT2D eigenvalue weighted by Crippen LogP contribution is 2.43. The van der Waals surface area contributed by atoms with Gasteiger partial charge in [-0.15, -0.1) is 11.8 Å². The lowest BCUT2D eigenvalue weighted by atomic mass is 9.85. The molecule has 6 heterocycles. The Kier molecular flexibility index (Phi) is 11.7. The molecule has 0 saturated carbocycles. The van der Waals surface area contributed by atoms with Gasteiger partial charge >= 0.3 is 11.9 Å². The molecule has 0 spiro atoms. The van der Waals surface area contributed by atoms with Gasteiger partial charge in [0.2, 0.25) is 5.91 Å². The van der Waals surface area contributed by atoms with Crippen LogP contribution in [0.25, 0.3) is 39.3 Å². The summed E-state index contributed by atoms with van der Waals surface area (Å²) in [4.78, 5) is 57.2. The molecule has 0 saturated heterocycles. The number of fused-ring (bicyclic) bond motifs is 8. The van der Waals surface area contributed by atoms with Gasteiger partial charge in [-0.05, 0) is 94.9 Å². The predicted molar refractivity (Wildman–Crippen MR) is 223 cm³/mol. The lowest BCUT2D eigenvalue weighted by Crippen LogP contribution is -2.38. The van der Waals surface area contributed by atoms with Gasteiger partial charge in [-0.25, -0.2) is 9.78 Å². The minimum atomic E-state index is -1.02. The van der Waals surface area contributed by atoms with E-state index in [0.29, 0.717) is 46.6 Å². The Hall–Kier alpha value is -4.72. The number of H-pyrrole nitrogens is 2. The summed E-state index contributed by atoms with van der Waals surface area (Å²) in [6, 6.07) is 6.00. The number of esters is 1. The average Bonchev–Trinajstić information content (AvgIpc) is 3.80. The van der Waals surface area contributed by atoms with E-state index in [1.807, 2.05) is 52.0 Å². The molecule has 0 radical (unpaired) electrons. The minimum Gasteiger partial charge on any atom is -0.481 e. The van der Waals surface area contributed by atoms with E-state index in [4.69, 9.17) is 25.2 Å². The maximum atomic E-state index is 14.7. The van der Waals surface area contributed by atoms with Gasteiger partial charge in [-0.2, -0.15) is 0 Å². The van der Waals surface area contributed by atoms with Gasteiger partial charge in [0.15, 0.2) is 4.93 Å². The van der Waals surface area contributed by atoms with E-state index >= 15 is 0 Å². The Labute approximate surface area is 332 Å². The summed E-state index contributed by atoms with van der Waals surface area (Å²) in [5, 5.41) is 12.9. The molecule has 3 aromatic heterocycles. The fourth-order valence-electron chi connectivity index (χ4n) is 7.94. The van der Waals surface area contributed by atoms with E-state index in [9.17, 15) is 19.5 Å². The number of thioether (sulfide) groups is 1. The van der Waals surface area contributed by atoms with Crippen molar-refractivity contribution in [3.8, 4) is 0 Å². The summed E-state index contributed by atoms with van der Waals surface area (Å²) in [6.45, 7) is 20.2. The van der Waals surface area contributed by atoms with Crippen LogP contribution in [-0.2, 0) is 25.5 Å². The monoisotopic (exact) mass is 782 g/mol. The van der Waals surface area contributed by atoms with Crippen molar-refractivity contribution in [1.29, 1.82) is 0 Å². The number of nitrogens with zero attached hydrogens (tertiary/aromatic N) is 2. The quantitative estimate of drug-likeness (QED) is 0.105. The number of aromatic amines is 2. The summed E-state index contributed by atoms with van der Waals surface area (Å²) < 4.78 is 12.3. The fraction of sp³-hybridized carbons (Fsp3) is 0.465. The second-order valence-corrected chi connectivity index (χ2v) is 17.3. The molecule has 0 aliphatic carbocycles. The standard InChI is InChI=1S/C43H54N6O6S/c1-10-26-22(3)30-19-32-24(5)28(12-13-37(51)52)39(48-32)29-18-36(50)45-15-17-56-43(9,14-16-54-42(7,8)44)55-41(53)38-25(6)33(49-40(29)38)21-35-27(11-2)23(4)31(47-35)20-34(26)46-30/h10,19-21,24,28,46,49H,1,11-18,44H2,2-9H3,(H,45,50)(H,51,52)/t24-,28-,43?/m0/s1. The number of nitrogens with two attached hydrogens (primary N) is 1. The largest absolute Gasteiger partial charge is 0.481 e. The number of allylic oxidation sites excluding steroid dienone is 2. The van der Waals surface area contributed by atoms with Crippen molar-refractivity contribution < 1.29 is 29.0 Å². The summed E-state index contributed by atoms with van der Waals surface area (Å²) in [6.07, 6.45) is 3.00. The summed E-state index contributed by atoms with van der Waals surface area (Å²) in [7, 11) is 0. The number of ether oxygens (including phenoxy) is 2. The van der Waals surface area contributed by atoms with E-state index in [-0.39, 0.29) is 49.2 Å². The SMILES string of the molecule is C=Cc1c(C)c2cc3nc(c4c5[nH]c(cc6nc(cc1[nH]2)C(C)=C6CC)c(C)c5C(=O)OC(C)(CCOC(C)(C)N)SCCNC(=O)C4)[C@@H](CCC(=O)O)[C@@H]3C. The third-order valence-corrected chi connectivity index (χ3v) is 12.4. The maximum absolute atomic E-state index is 14.7. The number of hydrogen-bond acceptors (Lipinski definition) is 9.